The van der Waals surface area contributed by atoms with Crippen LogP contribution in [-0.4, -0.2) is 55.0 Å². The molecule has 1 saturated heterocycles. The van der Waals surface area contributed by atoms with Gasteiger partial charge in [0, 0.05) is 50.5 Å². The fraction of sp³-hybridized carbons (Fsp3) is 0.381. The van der Waals surface area contributed by atoms with E-state index in [2.05, 4.69) is 34.1 Å². The van der Waals surface area contributed by atoms with E-state index in [0.717, 1.165) is 36.8 Å². The number of anilines is 1. The van der Waals surface area contributed by atoms with E-state index in [1.54, 1.807) is 0 Å². The number of carbonyl (C=O) groups excluding carboxylic acids is 1. The molecule has 0 bridgehead atoms. The van der Waals surface area contributed by atoms with E-state index in [0.29, 0.717) is 6.54 Å². The van der Waals surface area contributed by atoms with Crippen LogP contribution in [0.2, 0.25) is 5.02 Å². The van der Waals surface area contributed by atoms with Gasteiger partial charge in [-0.2, -0.15) is 0 Å². The number of amides is 1. The second-order valence-corrected chi connectivity index (χ2v) is 7.29. The average molecular weight is 372 g/mol. The lowest BCUT2D eigenvalue weighted by Crippen LogP contribution is -2.54. The molecule has 0 aliphatic carbocycles. The maximum Gasteiger partial charge on any atom is 0.239 e. The molecular weight excluding hydrogens is 346 g/mol. The van der Waals surface area contributed by atoms with Gasteiger partial charge in [-0.25, -0.2) is 0 Å². The summed E-state index contributed by atoms with van der Waals surface area (Å²) in [6.07, 6.45) is 0. The summed E-state index contributed by atoms with van der Waals surface area (Å²) in [6.45, 7) is 6.27. The number of nitrogens with zero attached hydrogens (tertiary/aromatic N) is 3. The van der Waals surface area contributed by atoms with Crippen LogP contribution < -0.4 is 4.90 Å². The highest BCUT2D eigenvalue weighted by Crippen LogP contribution is 2.20. The van der Waals surface area contributed by atoms with Crippen LogP contribution in [0.3, 0.4) is 0 Å². The van der Waals surface area contributed by atoms with Crippen molar-refractivity contribution in [3.05, 3.63) is 65.2 Å². The van der Waals surface area contributed by atoms with Crippen molar-refractivity contribution in [3.8, 4) is 0 Å². The zero-order valence-corrected chi connectivity index (χ0v) is 16.2. The number of rotatable bonds is 5. The Hall–Kier alpha value is -2.04. The van der Waals surface area contributed by atoms with E-state index >= 15 is 0 Å². The summed E-state index contributed by atoms with van der Waals surface area (Å²) in [7, 11) is 1.88. The second kappa shape index (κ2) is 8.56. The largest absolute Gasteiger partial charge is 0.369 e. The van der Waals surface area contributed by atoms with Crippen molar-refractivity contribution in [2.45, 2.75) is 19.5 Å². The molecule has 0 saturated carbocycles. The van der Waals surface area contributed by atoms with Gasteiger partial charge in [0.1, 0.15) is 0 Å². The molecule has 1 amide bonds. The minimum atomic E-state index is -0.101. The Morgan fingerprint density at radius 1 is 1.04 bits per heavy atom. The normalized spacial score (nSPS) is 16.3. The molecule has 1 atom stereocenters. The first kappa shape index (κ1) is 18.7. The summed E-state index contributed by atoms with van der Waals surface area (Å²) < 4.78 is 0. The van der Waals surface area contributed by atoms with Crippen molar-refractivity contribution >= 4 is 23.2 Å². The Morgan fingerprint density at radius 2 is 1.65 bits per heavy atom. The highest BCUT2D eigenvalue weighted by molar-refractivity contribution is 6.30. The average Bonchev–Trinajstić information content (AvgIpc) is 2.68. The number of hydrogen-bond acceptors (Lipinski definition) is 3. The van der Waals surface area contributed by atoms with Crippen LogP contribution in [0.5, 0.6) is 0 Å². The molecule has 138 valence electrons. The first-order chi connectivity index (χ1) is 12.5. The van der Waals surface area contributed by atoms with Crippen LogP contribution in [0.15, 0.2) is 54.6 Å². The Labute approximate surface area is 161 Å². The summed E-state index contributed by atoms with van der Waals surface area (Å²) in [4.78, 5) is 19.2. The van der Waals surface area contributed by atoms with Crippen LogP contribution in [0, 0.1) is 0 Å². The van der Waals surface area contributed by atoms with E-state index in [1.165, 1.54) is 5.69 Å². The first-order valence-electron chi connectivity index (χ1n) is 9.08. The number of halogens is 1. The van der Waals surface area contributed by atoms with Gasteiger partial charge in [-0.1, -0.05) is 41.9 Å². The molecule has 0 unspecified atom stereocenters. The third kappa shape index (κ3) is 4.57. The van der Waals surface area contributed by atoms with Crippen molar-refractivity contribution in [2.75, 3.05) is 38.1 Å². The highest BCUT2D eigenvalue weighted by Gasteiger charge is 2.27. The summed E-state index contributed by atoms with van der Waals surface area (Å²) in [5.74, 6) is 0.175. The van der Waals surface area contributed by atoms with Gasteiger partial charge in [0.2, 0.25) is 5.91 Å². The minimum Gasteiger partial charge on any atom is -0.369 e. The minimum absolute atomic E-state index is 0.101. The zero-order chi connectivity index (χ0) is 18.5. The lowest BCUT2D eigenvalue weighted by Gasteiger charge is -2.39. The molecule has 2 aromatic carbocycles. The second-order valence-electron chi connectivity index (χ2n) is 6.86. The van der Waals surface area contributed by atoms with E-state index < -0.39 is 0 Å². The molecule has 0 spiro atoms. The fourth-order valence-corrected chi connectivity index (χ4v) is 3.56. The Morgan fingerprint density at radius 3 is 2.27 bits per heavy atom. The van der Waals surface area contributed by atoms with Crippen molar-refractivity contribution in [1.82, 2.24) is 9.80 Å². The van der Waals surface area contributed by atoms with Gasteiger partial charge < -0.3 is 9.80 Å². The van der Waals surface area contributed by atoms with Crippen molar-refractivity contribution in [2.24, 2.45) is 0 Å². The maximum atomic E-state index is 12.8. The maximum absolute atomic E-state index is 12.8. The van der Waals surface area contributed by atoms with Crippen molar-refractivity contribution in [1.29, 1.82) is 0 Å². The van der Waals surface area contributed by atoms with Gasteiger partial charge in [0.05, 0.1) is 6.04 Å². The molecule has 3 rings (SSSR count). The van der Waals surface area contributed by atoms with Crippen molar-refractivity contribution in [3.63, 3.8) is 0 Å². The van der Waals surface area contributed by atoms with Gasteiger partial charge in [-0.15, -0.1) is 0 Å². The van der Waals surface area contributed by atoms with E-state index in [-0.39, 0.29) is 11.9 Å². The molecule has 2 aromatic rings. The molecule has 5 heteroatoms. The van der Waals surface area contributed by atoms with E-state index in [9.17, 15) is 4.79 Å². The molecule has 1 heterocycles. The molecular formula is C21H26ClN3O. The molecule has 1 aliphatic rings. The van der Waals surface area contributed by atoms with Crippen LogP contribution in [-0.2, 0) is 11.3 Å². The van der Waals surface area contributed by atoms with Gasteiger partial charge in [-0.3, -0.25) is 9.69 Å². The number of benzene rings is 2. The van der Waals surface area contributed by atoms with E-state index in [4.69, 9.17) is 11.6 Å². The number of likely N-dealkylation sites (N-methyl/N-ethyl adjacent to an activating group) is 1. The Kier molecular flexibility index (Phi) is 6.17. The molecule has 1 fully saturated rings. The third-order valence-corrected chi connectivity index (χ3v) is 5.30. The quantitative estimate of drug-likeness (QED) is 0.804. The molecule has 1 aliphatic heterocycles. The number of carbonyl (C=O) groups is 1. The van der Waals surface area contributed by atoms with Gasteiger partial charge in [-0.05, 0) is 36.8 Å². The standard InChI is InChI=1S/C21H26ClN3O/c1-17(21(26)23(2)16-18-6-4-3-5-7-18)24-12-14-25(15-13-24)20-10-8-19(22)9-11-20/h3-11,17H,12-16H2,1-2H3/t17-/m0/s1. The molecule has 0 N–H and O–H groups in total. The summed E-state index contributed by atoms with van der Waals surface area (Å²) in [6, 6.07) is 18.0. The SMILES string of the molecule is C[C@@H](C(=O)N(C)Cc1ccccc1)N1CCN(c2ccc(Cl)cc2)CC1. The monoisotopic (exact) mass is 371 g/mol. The lowest BCUT2D eigenvalue weighted by molar-refractivity contribution is -0.135. The zero-order valence-electron chi connectivity index (χ0n) is 15.4. The predicted octanol–water partition coefficient (Wildman–Crippen LogP) is 3.51. The van der Waals surface area contributed by atoms with Crippen LogP contribution in [0.4, 0.5) is 5.69 Å². The van der Waals surface area contributed by atoms with Crippen LogP contribution in [0.1, 0.15) is 12.5 Å². The van der Waals surface area contributed by atoms with Crippen LogP contribution in [0.25, 0.3) is 0 Å². The van der Waals surface area contributed by atoms with E-state index in [1.807, 2.05) is 49.2 Å². The van der Waals surface area contributed by atoms with Crippen LogP contribution >= 0.6 is 11.6 Å². The topological polar surface area (TPSA) is 26.8 Å². The Bertz CT molecular complexity index is 712. The first-order valence-corrected chi connectivity index (χ1v) is 9.46. The molecule has 4 nitrogen and oxygen atoms in total. The number of piperazine rings is 1. The predicted molar refractivity (Wildman–Crippen MR) is 108 cm³/mol. The highest BCUT2D eigenvalue weighted by atomic mass is 35.5. The molecule has 0 radical (unpaired) electrons. The van der Waals surface area contributed by atoms with Gasteiger partial charge in [0.15, 0.2) is 0 Å². The third-order valence-electron chi connectivity index (χ3n) is 5.05. The summed E-state index contributed by atoms with van der Waals surface area (Å²) in [5, 5.41) is 0.757. The van der Waals surface area contributed by atoms with Crippen molar-refractivity contribution < 1.29 is 4.79 Å². The summed E-state index contributed by atoms with van der Waals surface area (Å²) in [5.41, 5.74) is 2.34. The Balaban J connectivity index is 1.53. The summed E-state index contributed by atoms with van der Waals surface area (Å²) >= 11 is 5.97. The smallest absolute Gasteiger partial charge is 0.239 e. The fourth-order valence-electron chi connectivity index (χ4n) is 3.43. The lowest BCUT2D eigenvalue weighted by atomic mass is 10.1. The molecule has 26 heavy (non-hydrogen) atoms. The number of hydrogen-bond donors (Lipinski definition) is 0. The van der Waals surface area contributed by atoms with Gasteiger partial charge in [0.25, 0.3) is 0 Å². The van der Waals surface area contributed by atoms with Gasteiger partial charge >= 0.3 is 0 Å². The molecule has 0 aromatic heterocycles.